The van der Waals surface area contributed by atoms with Crippen LogP contribution in [0.3, 0.4) is 0 Å². The van der Waals surface area contributed by atoms with E-state index in [4.69, 9.17) is 21.1 Å². The van der Waals surface area contributed by atoms with E-state index < -0.39 is 20.7 Å². The molecule has 1 amide bonds. The van der Waals surface area contributed by atoms with Gasteiger partial charge in [-0.2, -0.15) is 0 Å². The molecule has 2 heterocycles. The Balaban J connectivity index is 1.38. The largest absolute Gasteiger partial charge is 0.492 e. The Hall–Kier alpha value is -3.61. The summed E-state index contributed by atoms with van der Waals surface area (Å²) in [4.78, 5) is 21.6. The molecule has 1 saturated heterocycles. The van der Waals surface area contributed by atoms with Crippen LogP contribution in [0.25, 0.3) is 10.9 Å². The quantitative estimate of drug-likeness (QED) is 0.230. The number of nitrogens with one attached hydrogen (secondary N) is 2. The first-order chi connectivity index (χ1) is 19.2. The smallest absolute Gasteiger partial charge is 0.229 e. The summed E-state index contributed by atoms with van der Waals surface area (Å²) in [6.07, 6.45) is 1.40. The number of rotatable bonds is 9. The molecule has 4 aromatic rings. The fraction of sp³-hybridized carbons (Fsp3) is 0.222. The van der Waals surface area contributed by atoms with Crippen LogP contribution in [0.4, 0.5) is 21.6 Å². The average Bonchev–Trinajstić information content (AvgIpc) is 3.29. The van der Waals surface area contributed by atoms with Crippen LogP contribution in [0, 0.1) is 11.7 Å². The first-order valence-electron chi connectivity index (χ1n) is 12.2. The second-order valence-electron chi connectivity index (χ2n) is 8.90. The Morgan fingerprint density at radius 1 is 1.12 bits per heavy atom. The first kappa shape index (κ1) is 27.9. The SMILES string of the molecule is CCOc1cc2ncnc(Nc3ccc(OCc4cccc(F)c4)c(Cl)c3)c2cc1NC(=O)C1CSS(=O)(=O)C1. The Bertz CT molecular complexity index is 1690. The van der Waals surface area contributed by atoms with Crippen LogP contribution in [0.5, 0.6) is 11.5 Å². The topological polar surface area (TPSA) is 120 Å². The lowest BCUT2D eigenvalue weighted by atomic mass is 10.1. The summed E-state index contributed by atoms with van der Waals surface area (Å²) in [6, 6.07) is 14.6. The van der Waals surface area contributed by atoms with Gasteiger partial charge in [0.05, 0.1) is 34.5 Å². The summed E-state index contributed by atoms with van der Waals surface area (Å²) in [5.74, 6) is -0.122. The zero-order valence-electron chi connectivity index (χ0n) is 21.2. The molecule has 0 radical (unpaired) electrons. The number of halogens is 2. The number of carbonyl (C=O) groups excluding carboxylic acids is 1. The Morgan fingerprint density at radius 3 is 2.70 bits per heavy atom. The van der Waals surface area contributed by atoms with Crippen molar-refractivity contribution in [3.8, 4) is 11.5 Å². The Kier molecular flexibility index (Phi) is 8.29. The fourth-order valence-corrected chi connectivity index (χ4v) is 7.87. The summed E-state index contributed by atoms with van der Waals surface area (Å²) in [5.41, 5.74) is 2.24. The molecule has 1 aliphatic rings. The maximum absolute atomic E-state index is 13.4. The molecule has 0 bridgehead atoms. The van der Waals surface area contributed by atoms with Crippen molar-refractivity contribution >= 4 is 65.3 Å². The number of carbonyl (C=O) groups is 1. The lowest BCUT2D eigenvalue weighted by Crippen LogP contribution is -2.25. The predicted octanol–water partition coefficient (Wildman–Crippen LogP) is 5.77. The van der Waals surface area contributed by atoms with Crippen molar-refractivity contribution < 1.29 is 27.1 Å². The molecule has 1 fully saturated rings. The van der Waals surface area contributed by atoms with Crippen molar-refractivity contribution in [1.29, 1.82) is 0 Å². The van der Waals surface area contributed by atoms with Crippen LogP contribution in [0.2, 0.25) is 5.02 Å². The van der Waals surface area contributed by atoms with Crippen molar-refractivity contribution in [3.05, 3.63) is 77.3 Å². The minimum Gasteiger partial charge on any atom is -0.492 e. The maximum Gasteiger partial charge on any atom is 0.229 e. The first-order valence-corrected chi connectivity index (χ1v) is 15.8. The van der Waals surface area contributed by atoms with Gasteiger partial charge < -0.3 is 20.1 Å². The molecule has 5 rings (SSSR count). The number of hydrogen-bond donors (Lipinski definition) is 2. The van der Waals surface area contributed by atoms with Gasteiger partial charge in [0.25, 0.3) is 0 Å². The Morgan fingerprint density at radius 2 is 1.98 bits per heavy atom. The average molecular weight is 603 g/mol. The maximum atomic E-state index is 13.4. The summed E-state index contributed by atoms with van der Waals surface area (Å²) in [5, 5.41) is 6.97. The van der Waals surface area contributed by atoms with Gasteiger partial charge in [-0.1, -0.05) is 23.7 Å². The van der Waals surface area contributed by atoms with E-state index in [0.29, 0.717) is 56.8 Å². The van der Waals surface area contributed by atoms with Gasteiger partial charge in [-0.3, -0.25) is 4.79 Å². The number of hydrogen-bond acceptors (Lipinski definition) is 9. The molecule has 40 heavy (non-hydrogen) atoms. The van der Waals surface area contributed by atoms with Crippen molar-refractivity contribution in [2.75, 3.05) is 28.7 Å². The van der Waals surface area contributed by atoms with Gasteiger partial charge >= 0.3 is 0 Å². The highest BCUT2D eigenvalue weighted by Gasteiger charge is 2.34. The predicted molar refractivity (Wildman–Crippen MR) is 155 cm³/mol. The van der Waals surface area contributed by atoms with E-state index in [2.05, 4.69) is 20.6 Å². The van der Waals surface area contributed by atoms with E-state index in [9.17, 15) is 17.6 Å². The van der Waals surface area contributed by atoms with Gasteiger partial charge in [-0.15, -0.1) is 0 Å². The van der Waals surface area contributed by atoms with Crippen molar-refractivity contribution in [1.82, 2.24) is 9.97 Å². The van der Waals surface area contributed by atoms with Crippen LogP contribution >= 0.6 is 22.4 Å². The third-order valence-corrected chi connectivity index (χ3v) is 9.89. The van der Waals surface area contributed by atoms with Crippen LogP contribution in [0.15, 0.2) is 60.9 Å². The second kappa shape index (κ2) is 11.9. The lowest BCUT2D eigenvalue weighted by Gasteiger charge is -2.16. The molecule has 0 aliphatic carbocycles. The van der Waals surface area contributed by atoms with Crippen molar-refractivity contribution in [2.45, 2.75) is 13.5 Å². The van der Waals surface area contributed by atoms with Gasteiger partial charge in [0.2, 0.25) is 14.8 Å². The van der Waals surface area contributed by atoms with Crippen LogP contribution < -0.4 is 20.1 Å². The van der Waals surface area contributed by atoms with Gasteiger partial charge in [-0.25, -0.2) is 22.8 Å². The van der Waals surface area contributed by atoms with Crippen molar-refractivity contribution in [3.63, 3.8) is 0 Å². The molecule has 9 nitrogen and oxygen atoms in total. The summed E-state index contributed by atoms with van der Waals surface area (Å²) >= 11 is 6.45. The zero-order chi connectivity index (χ0) is 28.3. The zero-order valence-corrected chi connectivity index (χ0v) is 23.6. The highest BCUT2D eigenvalue weighted by atomic mass is 35.5. The van der Waals surface area contributed by atoms with E-state index in [0.717, 1.165) is 10.8 Å². The van der Waals surface area contributed by atoms with E-state index in [1.807, 2.05) is 6.92 Å². The fourth-order valence-electron chi connectivity index (χ4n) is 4.09. The van der Waals surface area contributed by atoms with Gasteiger partial charge in [0.15, 0.2) is 0 Å². The normalized spacial score (nSPS) is 16.0. The number of ether oxygens (including phenoxy) is 2. The number of aromatic nitrogens is 2. The third-order valence-electron chi connectivity index (χ3n) is 6.00. The number of amides is 1. The van der Waals surface area contributed by atoms with Gasteiger partial charge in [-0.05, 0) is 59.7 Å². The molecule has 1 aromatic heterocycles. The molecule has 13 heteroatoms. The summed E-state index contributed by atoms with van der Waals surface area (Å²) in [7, 11) is -2.51. The molecule has 0 saturated carbocycles. The van der Waals surface area contributed by atoms with Crippen LogP contribution in [0.1, 0.15) is 12.5 Å². The highest BCUT2D eigenvalue weighted by Crippen LogP contribution is 2.36. The highest BCUT2D eigenvalue weighted by molar-refractivity contribution is 8.72. The molecule has 2 N–H and O–H groups in total. The van der Waals surface area contributed by atoms with E-state index in [1.165, 1.54) is 18.5 Å². The van der Waals surface area contributed by atoms with E-state index in [-0.39, 0.29) is 23.9 Å². The summed E-state index contributed by atoms with van der Waals surface area (Å²) in [6.45, 7) is 2.32. The van der Waals surface area contributed by atoms with E-state index in [1.54, 1.807) is 42.5 Å². The molecular formula is C27H24ClFN4O5S2. The molecular weight excluding hydrogens is 579 g/mol. The molecule has 1 aliphatic heterocycles. The minimum absolute atomic E-state index is 0.156. The molecule has 0 spiro atoms. The number of nitrogens with zero attached hydrogens (tertiary/aromatic N) is 2. The third kappa shape index (κ3) is 6.57. The lowest BCUT2D eigenvalue weighted by molar-refractivity contribution is -0.118. The molecule has 1 unspecified atom stereocenters. The number of fused-ring (bicyclic) bond motifs is 1. The molecule has 208 valence electrons. The Labute approximate surface area is 238 Å². The standard InChI is InChI=1S/C27H24ClFN4O5S2/c1-2-37-25-11-22-20(10-23(25)33-27(34)17-13-39-40(35,36)14-17)26(31-15-30-22)32-19-6-7-24(21(28)9-19)38-12-16-4-3-5-18(29)8-16/h3-11,15,17H,2,12-14H2,1H3,(H,33,34)(H,30,31,32). The van der Waals surface area contributed by atoms with Crippen LogP contribution in [-0.4, -0.2) is 42.4 Å². The van der Waals surface area contributed by atoms with Gasteiger partial charge in [0, 0.05) is 22.9 Å². The van der Waals surface area contributed by atoms with Crippen molar-refractivity contribution in [2.24, 2.45) is 5.92 Å². The molecule has 3 aromatic carbocycles. The summed E-state index contributed by atoms with van der Waals surface area (Å²) < 4.78 is 48.6. The van der Waals surface area contributed by atoms with E-state index >= 15 is 0 Å². The number of anilines is 3. The van der Waals surface area contributed by atoms with Gasteiger partial charge in [0.1, 0.15) is 36.1 Å². The van der Waals surface area contributed by atoms with Crippen LogP contribution in [-0.2, 0) is 20.3 Å². The second-order valence-corrected chi connectivity index (χ2v) is 13.6. The number of benzene rings is 3. The minimum atomic E-state index is -3.30. The monoisotopic (exact) mass is 602 g/mol. The molecule has 1 atom stereocenters.